The predicted octanol–water partition coefficient (Wildman–Crippen LogP) is 6.74. The van der Waals surface area contributed by atoms with Gasteiger partial charge in [-0.05, 0) is 72.3 Å². The Morgan fingerprint density at radius 2 is 1.92 bits per heavy atom. The fourth-order valence-electron chi connectivity index (χ4n) is 3.72. The number of hydrogen-bond acceptors (Lipinski definition) is 6. The minimum Gasteiger partial charge on any atom is -0.442 e. The number of ether oxygens (including phenoxy) is 1. The van der Waals surface area contributed by atoms with E-state index >= 15 is 0 Å². The molecular weight excluding hydrogens is 575 g/mol. The Labute approximate surface area is 221 Å². The van der Waals surface area contributed by atoms with Gasteiger partial charge in [0, 0.05) is 16.3 Å². The second-order valence-electron chi connectivity index (χ2n) is 9.14. The maximum atomic E-state index is 14.9. The van der Waals surface area contributed by atoms with E-state index in [1.807, 2.05) is 0 Å². The van der Waals surface area contributed by atoms with Gasteiger partial charge in [0.05, 0.1) is 22.7 Å². The van der Waals surface area contributed by atoms with Crippen molar-refractivity contribution in [1.29, 1.82) is 0 Å². The highest BCUT2D eigenvalue weighted by molar-refractivity contribution is 9.10. The fourth-order valence-corrected chi connectivity index (χ4v) is 5.73. The minimum atomic E-state index is -3.62. The molecule has 0 radical (unpaired) electrons. The summed E-state index contributed by atoms with van der Waals surface area (Å²) in [5, 5.41) is 6.02. The van der Waals surface area contributed by atoms with Crippen LogP contribution in [0.2, 0.25) is 5.02 Å². The molecule has 12 heteroatoms. The minimum absolute atomic E-state index is 0.0479. The molecule has 0 saturated heterocycles. The molecule has 0 unspecified atom stereocenters. The van der Waals surface area contributed by atoms with E-state index in [9.17, 15) is 17.6 Å². The van der Waals surface area contributed by atoms with Crippen molar-refractivity contribution < 1.29 is 22.3 Å². The summed E-state index contributed by atoms with van der Waals surface area (Å²) in [6.07, 6.45) is 1.27. The monoisotopic (exact) mass is 596 g/mol. The summed E-state index contributed by atoms with van der Waals surface area (Å²) in [4.78, 5) is 17.1. The maximum absolute atomic E-state index is 14.9. The highest BCUT2D eigenvalue weighted by Crippen LogP contribution is 2.39. The molecule has 8 nitrogen and oxygen atoms in total. The second-order valence-corrected chi connectivity index (χ2v) is 12.1. The van der Waals surface area contributed by atoms with Gasteiger partial charge in [-0.3, -0.25) is 4.72 Å². The second kappa shape index (κ2) is 9.60. The third-order valence-corrected chi connectivity index (χ3v) is 7.64. The van der Waals surface area contributed by atoms with E-state index in [2.05, 4.69) is 30.7 Å². The standard InChI is InChI=1S/C24H23BrClFN4O4S/c1-5-10-36(33,34)30-18-9-8-17(27)19(20(18)26)13-6-7-14-15(11-13)21(25)29-22-16(14)12-28-31(22)23(32)35-24(2,3)4/h6-9,11-12,30H,5,10H2,1-4H3. The zero-order valence-electron chi connectivity index (χ0n) is 19.9. The summed E-state index contributed by atoms with van der Waals surface area (Å²) in [5.74, 6) is -0.696. The first-order chi connectivity index (χ1) is 16.8. The third kappa shape index (κ3) is 5.18. The maximum Gasteiger partial charge on any atom is 0.437 e. The quantitative estimate of drug-likeness (QED) is 0.256. The number of aromatic nitrogens is 3. The lowest BCUT2D eigenvalue weighted by Crippen LogP contribution is -2.27. The number of hydrogen-bond donors (Lipinski definition) is 1. The van der Waals surface area contributed by atoms with Crippen molar-refractivity contribution in [2.24, 2.45) is 0 Å². The molecule has 0 bridgehead atoms. The first kappa shape index (κ1) is 26.3. The lowest BCUT2D eigenvalue weighted by atomic mass is 10.00. The molecule has 2 aromatic heterocycles. The molecule has 0 aliphatic rings. The van der Waals surface area contributed by atoms with Gasteiger partial charge in [0.15, 0.2) is 5.65 Å². The highest BCUT2D eigenvalue weighted by Gasteiger charge is 2.23. The van der Waals surface area contributed by atoms with Crippen LogP contribution < -0.4 is 4.72 Å². The first-order valence-corrected chi connectivity index (χ1v) is 13.8. The van der Waals surface area contributed by atoms with Crippen molar-refractivity contribution in [3.05, 3.63) is 52.0 Å². The molecule has 4 rings (SSSR count). The van der Waals surface area contributed by atoms with Crippen LogP contribution in [0.25, 0.3) is 32.9 Å². The molecule has 4 aromatic rings. The molecule has 36 heavy (non-hydrogen) atoms. The van der Waals surface area contributed by atoms with E-state index in [1.54, 1.807) is 45.9 Å². The van der Waals surface area contributed by atoms with Crippen molar-refractivity contribution in [3.8, 4) is 11.1 Å². The number of nitrogens with zero attached hydrogens (tertiary/aromatic N) is 3. The van der Waals surface area contributed by atoms with Crippen LogP contribution in [-0.2, 0) is 14.8 Å². The molecule has 0 aliphatic carbocycles. The number of benzene rings is 2. The average molecular weight is 598 g/mol. The SMILES string of the molecule is CCCS(=O)(=O)Nc1ccc(F)c(-c2ccc3c(c2)c(Br)nc2c3cnn2C(=O)OC(C)(C)C)c1Cl. The van der Waals surface area contributed by atoms with Crippen LogP contribution in [-0.4, -0.2) is 40.6 Å². The van der Waals surface area contributed by atoms with Gasteiger partial charge in [-0.25, -0.2) is 22.6 Å². The lowest BCUT2D eigenvalue weighted by molar-refractivity contribution is 0.0521. The molecule has 0 saturated carbocycles. The third-order valence-electron chi connectivity index (χ3n) is 5.16. The lowest BCUT2D eigenvalue weighted by Gasteiger charge is -2.19. The number of sulfonamides is 1. The van der Waals surface area contributed by atoms with Gasteiger partial charge in [-0.15, -0.1) is 4.68 Å². The van der Waals surface area contributed by atoms with Crippen LogP contribution in [0.3, 0.4) is 0 Å². The summed E-state index contributed by atoms with van der Waals surface area (Å²) >= 11 is 9.91. The van der Waals surface area contributed by atoms with Gasteiger partial charge < -0.3 is 4.74 Å². The van der Waals surface area contributed by atoms with Crippen LogP contribution in [0.5, 0.6) is 0 Å². The van der Waals surface area contributed by atoms with E-state index in [0.717, 1.165) is 10.7 Å². The predicted molar refractivity (Wildman–Crippen MR) is 142 cm³/mol. The summed E-state index contributed by atoms with van der Waals surface area (Å²) < 4.78 is 48.7. The summed E-state index contributed by atoms with van der Waals surface area (Å²) in [6.45, 7) is 7.01. The number of fused-ring (bicyclic) bond motifs is 3. The largest absolute Gasteiger partial charge is 0.442 e. The molecule has 0 fully saturated rings. The number of halogens is 3. The number of carbonyl (C=O) groups excluding carboxylic acids is 1. The van der Waals surface area contributed by atoms with E-state index in [1.165, 1.54) is 12.3 Å². The van der Waals surface area contributed by atoms with Gasteiger partial charge in [-0.1, -0.05) is 30.7 Å². The molecule has 2 aromatic carbocycles. The first-order valence-electron chi connectivity index (χ1n) is 11.0. The molecule has 1 N–H and O–H groups in total. The molecule has 0 spiro atoms. The van der Waals surface area contributed by atoms with Gasteiger partial charge in [0.1, 0.15) is 16.0 Å². The smallest absolute Gasteiger partial charge is 0.437 e. The number of carbonyl (C=O) groups is 1. The summed E-state index contributed by atoms with van der Waals surface area (Å²) in [7, 11) is -3.62. The van der Waals surface area contributed by atoms with E-state index in [4.69, 9.17) is 16.3 Å². The highest BCUT2D eigenvalue weighted by atomic mass is 79.9. The van der Waals surface area contributed by atoms with Crippen LogP contribution in [0.1, 0.15) is 34.1 Å². The van der Waals surface area contributed by atoms with Gasteiger partial charge in [0.25, 0.3) is 0 Å². The van der Waals surface area contributed by atoms with Crippen molar-refractivity contribution in [1.82, 2.24) is 14.8 Å². The molecule has 0 atom stereocenters. The zero-order valence-corrected chi connectivity index (χ0v) is 23.1. The summed E-state index contributed by atoms with van der Waals surface area (Å²) in [5.41, 5.74) is 0.149. The number of anilines is 1. The van der Waals surface area contributed by atoms with Crippen LogP contribution in [0.4, 0.5) is 14.9 Å². The normalized spacial score (nSPS) is 12.3. The van der Waals surface area contributed by atoms with Crippen LogP contribution in [0, 0.1) is 5.82 Å². The Bertz CT molecular complexity index is 1620. The van der Waals surface area contributed by atoms with Crippen LogP contribution >= 0.6 is 27.5 Å². The zero-order chi connectivity index (χ0) is 26.4. The molecule has 2 heterocycles. The van der Waals surface area contributed by atoms with Crippen LogP contribution in [0.15, 0.2) is 41.1 Å². The summed E-state index contributed by atoms with van der Waals surface area (Å²) in [6, 6.07) is 7.54. The Balaban J connectivity index is 1.83. The van der Waals surface area contributed by atoms with E-state index in [0.29, 0.717) is 38.4 Å². The van der Waals surface area contributed by atoms with Gasteiger partial charge in [0.2, 0.25) is 10.0 Å². The Kier molecular flexibility index (Phi) is 7.02. The van der Waals surface area contributed by atoms with Crippen molar-refractivity contribution in [2.75, 3.05) is 10.5 Å². The average Bonchev–Trinajstić information content (AvgIpc) is 3.19. The fraction of sp³-hybridized carbons (Fsp3) is 0.292. The van der Waals surface area contributed by atoms with Crippen molar-refractivity contribution in [3.63, 3.8) is 0 Å². The Morgan fingerprint density at radius 3 is 2.58 bits per heavy atom. The topological polar surface area (TPSA) is 103 Å². The van der Waals surface area contributed by atoms with Crippen molar-refractivity contribution >= 4 is 71.1 Å². The van der Waals surface area contributed by atoms with Gasteiger partial charge in [-0.2, -0.15) is 5.10 Å². The number of pyridine rings is 1. The molecule has 190 valence electrons. The van der Waals surface area contributed by atoms with Crippen molar-refractivity contribution in [2.45, 2.75) is 39.7 Å². The van der Waals surface area contributed by atoms with E-state index in [-0.39, 0.29) is 22.0 Å². The van der Waals surface area contributed by atoms with E-state index < -0.39 is 27.5 Å². The molecule has 0 amide bonds. The number of rotatable bonds is 5. The Morgan fingerprint density at radius 1 is 1.19 bits per heavy atom. The number of nitrogens with one attached hydrogen (secondary N) is 1. The molecular formula is C24H23BrClFN4O4S. The van der Waals surface area contributed by atoms with Gasteiger partial charge >= 0.3 is 6.09 Å². The Hall–Kier alpha value is -2.76. The molecule has 0 aliphatic heterocycles.